The minimum atomic E-state index is -0.622. The van der Waals surface area contributed by atoms with Crippen LogP contribution in [0, 0.1) is 0 Å². The minimum absolute atomic E-state index is 0.0694. The lowest BCUT2D eigenvalue weighted by molar-refractivity contribution is 0.0731. The van der Waals surface area contributed by atoms with E-state index >= 15 is 0 Å². The summed E-state index contributed by atoms with van der Waals surface area (Å²) in [5.74, 6) is 0.310. The normalized spacial score (nSPS) is 14.6. The Bertz CT molecular complexity index is 835. The lowest BCUT2D eigenvalue weighted by Crippen LogP contribution is -2.47. The highest BCUT2D eigenvalue weighted by molar-refractivity contribution is 5.96. The lowest BCUT2D eigenvalue weighted by atomic mass is 10.1. The van der Waals surface area contributed by atoms with Gasteiger partial charge in [0.1, 0.15) is 23.5 Å². The molecule has 6 nitrogen and oxygen atoms in total. The number of fused-ring (bicyclic) bond motifs is 1. The van der Waals surface area contributed by atoms with Gasteiger partial charge in [0.2, 0.25) is 0 Å². The highest BCUT2D eigenvalue weighted by atomic mass is 16.5. The maximum absolute atomic E-state index is 12.5. The van der Waals surface area contributed by atoms with Crippen LogP contribution in [0.25, 0.3) is 11.0 Å². The lowest BCUT2D eigenvalue weighted by Gasteiger charge is -2.27. The predicted molar refractivity (Wildman–Crippen MR) is 91.6 cm³/mol. The van der Waals surface area contributed by atoms with Crippen LogP contribution in [0.3, 0.4) is 0 Å². The first kappa shape index (κ1) is 16.3. The number of piperazine rings is 1. The molecular formula is C18H20N2O4. The number of amides is 1. The van der Waals surface area contributed by atoms with E-state index in [0.29, 0.717) is 36.4 Å². The second kappa shape index (κ2) is 6.88. The van der Waals surface area contributed by atoms with Crippen LogP contribution in [0.15, 0.2) is 45.6 Å². The summed E-state index contributed by atoms with van der Waals surface area (Å²) < 4.78 is 10.9. The zero-order valence-corrected chi connectivity index (χ0v) is 13.6. The number of carbonyl (C=O) groups is 1. The quantitative estimate of drug-likeness (QED) is 0.684. The van der Waals surface area contributed by atoms with Crippen LogP contribution >= 0.6 is 0 Å². The van der Waals surface area contributed by atoms with E-state index in [0.717, 1.165) is 18.7 Å². The van der Waals surface area contributed by atoms with E-state index in [9.17, 15) is 9.59 Å². The number of hydrogen-bond donors (Lipinski definition) is 1. The molecule has 1 saturated heterocycles. The molecule has 1 amide bonds. The predicted octanol–water partition coefficient (Wildman–Crippen LogP) is 1.79. The van der Waals surface area contributed by atoms with Crippen molar-refractivity contribution in [1.82, 2.24) is 10.2 Å². The second-order valence-corrected chi connectivity index (χ2v) is 5.94. The van der Waals surface area contributed by atoms with Crippen molar-refractivity contribution in [2.75, 3.05) is 32.8 Å². The Kier molecular flexibility index (Phi) is 4.66. The van der Waals surface area contributed by atoms with Gasteiger partial charge in [-0.1, -0.05) is 6.58 Å². The summed E-state index contributed by atoms with van der Waals surface area (Å²) >= 11 is 0. The third-order valence-electron chi connectivity index (χ3n) is 3.83. The Morgan fingerprint density at radius 2 is 2.08 bits per heavy atom. The molecule has 2 heterocycles. The van der Waals surface area contributed by atoms with Gasteiger partial charge >= 0.3 is 5.63 Å². The van der Waals surface area contributed by atoms with E-state index < -0.39 is 5.63 Å². The van der Waals surface area contributed by atoms with Gasteiger partial charge in [-0.2, -0.15) is 0 Å². The van der Waals surface area contributed by atoms with Gasteiger partial charge in [-0.15, -0.1) is 0 Å². The number of rotatable bonds is 4. The molecular weight excluding hydrogens is 308 g/mol. The van der Waals surface area contributed by atoms with Crippen molar-refractivity contribution in [3.8, 4) is 5.75 Å². The summed E-state index contributed by atoms with van der Waals surface area (Å²) in [5, 5.41) is 3.87. The first-order valence-electron chi connectivity index (χ1n) is 7.89. The van der Waals surface area contributed by atoms with E-state index in [1.54, 1.807) is 29.2 Å². The minimum Gasteiger partial charge on any atom is -0.489 e. The van der Waals surface area contributed by atoms with E-state index in [-0.39, 0.29) is 11.5 Å². The van der Waals surface area contributed by atoms with Crippen LogP contribution in [0.5, 0.6) is 5.75 Å². The number of ether oxygens (including phenoxy) is 1. The van der Waals surface area contributed by atoms with Crippen molar-refractivity contribution in [2.45, 2.75) is 6.92 Å². The third kappa shape index (κ3) is 3.49. The molecule has 0 bridgehead atoms. The van der Waals surface area contributed by atoms with Gasteiger partial charge in [0, 0.05) is 37.6 Å². The number of hydrogen-bond acceptors (Lipinski definition) is 5. The standard InChI is InChI=1S/C18H20N2O4/c1-12(2)11-23-14-4-3-13-9-15(18(22)24-16(13)10-14)17(21)20-7-5-19-6-8-20/h3-4,9-10,19H,1,5-8,11H2,2H3. The maximum atomic E-state index is 12.5. The highest BCUT2D eigenvalue weighted by Crippen LogP contribution is 2.21. The summed E-state index contributed by atoms with van der Waals surface area (Å²) in [6.07, 6.45) is 0. The summed E-state index contributed by atoms with van der Waals surface area (Å²) in [7, 11) is 0. The first-order valence-corrected chi connectivity index (χ1v) is 7.89. The van der Waals surface area contributed by atoms with Crippen molar-refractivity contribution in [3.05, 3.63) is 52.4 Å². The molecule has 0 aliphatic carbocycles. The van der Waals surface area contributed by atoms with Gasteiger partial charge in [-0.25, -0.2) is 4.79 Å². The second-order valence-electron chi connectivity index (χ2n) is 5.94. The molecule has 0 atom stereocenters. The van der Waals surface area contributed by atoms with Crippen molar-refractivity contribution in [1.29, 1.82) is 0 Å². The Labute approximate surface area is 139 Å². The van der Waals surface area contributed by atoms with Crippen LogP contribution in [0.1, 0.15) is 17.3 Å². The fourth-order valence-corrected chi connectivity index (χ4v) is 2.58. The van der Waals surface area contributed by atoms with Crippen LogP contribution in [-0.2, 0) is 0 Å². The van der Waals surface area contributed by atoms with Gasteiger partial charge in [-0.3, -0.25) is 4.79 Å². The zero-order valence-electron chi connectivity index (χ0n) is 13.6. The molecule has 6 heteroatoms. The molecule has 2 aromatic rings. The van der Waals surface area contributed by atoms with Crippen molar-refractivity contribution >= 4 is 16.9 Å². The van der Waals surface area contributed by atoms with E-state index in [1.807, 2.05) is 6.92 Å². The maximum Gasteiger partial charge on any atom is 0.349 e. The number of carbonyl (C=O) groups excluding carboxylic acids is 1. The number of benzene rings is 1. The number of nitrogens with zero attached hydrogens (tertiary/aromatic N) is 1. The average Bonchev–Trinajstić information content (AvgIpc) is 2.59. The average molecular weight is 328 g/mol. The van der Waals surface area contributed by atoms with Crippen LogP contribution < -0.4 is 15.7 Å². The van der Waals surface area contributed by atoms with Gasteiger partial charge < -0.3 is 19.4 Å². The molecule has 1 aliphatic heterocycles. The SMILES string of the molecule is C=C(C)COc1ccc2cc(C(=O)N3CCNCC3)c(=O)oc2c1. The van der Waals surface area contributed by atoms with Gasteiger partial charge in [-0.05, 0) is 30.7 Å². The Morgan fingerprint density at radius 3 is 2.79 bits per heavy atom. The molecule has 0 saturated carbocycles. The Hall–Kier alpha value is -2.60. The molecule has 1 N–H and O–H groups in total. The Morgan fingerprint density at radius 1 is 1.33 bits per heavy atom. The monoisotopic (exact) mass is 328 g/mol. The number of nitrogens with one attached hydrogen (secondary N) is 1. The molecule has 0 radical (unpaired) electrons. The first-order chi connectivity index (χ1) is 11.5. The molecule has 1 aromatic heterocycles. The van der Waals surface area contributed by atoms with Crippen molar-refractivity contribution in [2.24, 2.45) is 0 Å². The van der Waals surface area contributed by atoms with Crippen molar-refractivity contribution < 1.29 is 13.9 Å². The van der Waals surface area contributed by atoms with E-state index in [2.05, 4.69) is 11.9 Å². The molecule has 0 unspecified atom stereocenters. The van der Waals surface area contributed by atoms with Gasteiger partial charge in [0.05, 0.1) is 0 Å². The molecule has 3 rings (SSSR count). The Balaban J connectivity index is 1.89. The summed E-state index contributed by atoms with van der Waals surface area (Å²) in [5.41, 5.74) is 0.743. The fourth-order valence-electron chi connectivity index (χ4n) is 2.58. The summed E-state index contributed by atoms with van der Waals surface area (Å²) in [6, 6.07) is 6.80. The third-order valence-corrected chi connectivity index (χ3v) is 3.83. The molecule has 0 spiro atoms. The highest BCUT2D eigenvalue weighted by Gasteiger charge is 2.22. The summed E-state index contributed by atoms with van der Waals surface area (Å²) in [4.78, 5) is 26.4. The van der Waals surface area contributed by atoms with E-state index in [1.165, 1.54) is 0 Å². The van der Waals surface area contributed by atoms with Gasteiger partial charge in [0.15, 0.2) is 0 Å². The fraction of sp³-hybridized carbons (Fsp3) is 0.333. The topological polar surface area (TPSA) is 71.8 Å². The van der Waals surface area contributed by atoms with Crippen molar-refractivity contribution in [3.63, 3.8) is 0 Å². The zero-order chi connectivity index (χ0) is 17.1. The molecule has 24 heavy (non-hydrogen) atoms. The van der Waals surface area contributed by atoms with Crippen LogP contribution in [0.4, 0.5) is 0 Å². The largest absolute Gasteiger partial charge is 0.489 e. The smallest absolute Gasteiger partial charge is 0.349 e. The molecule has 1 aromatic carbocycles. The molecule has 1 aliphatic rings. The van der Waals surface area contributed by atoms with Crippen LogP contribution in [0.2, 0.25) is 0 Å². The van der Waals surface area contributed by atoms with Crippen LogP contribution in [-0.4, -0.2) is 43.6 Å². The molecule has 126 valence electrons. The van der Waals surface area contributed by atoms with Gasteiger partial charge in [0.25, 0.3) is 5.91 Å². The van der Waals surface area contributed by atoms with E-state index in [4.69, 9.17) is 9.15 Å². The molecule has 1 fully saturated rings. The summed E-state index contributed by atoms with van der Waals surface area (Å²) in [6.45, 7) is 8.68.